The predicted octanol–water partition coefficient (Wildman–Crippen LogP) is 3.18. The molecule has 1 atom stereocenters. The number of aromatic nitrogens is 5. The van der Waals surface area contributed by atoms with E-state index >= 15 is 0 Å². The molecular formula is C21H20N6O2. The van der Waals surface area contributed by atoms with Crippen molar-refractivity contribution < 1.29 is 9.32 Å². The first-order valence-corrected chi connectivity index (χ1v) is 9.22. The van der Waals surface area contributed by atoms with E-state index in [4.69, 9.17) is 4.52 Å². The Morgan fingerprint density at radius 3 is 2.76 bits per heavy atom. The predicted molar refractivity (Wildman–Crippen MR) is 106 cm³/mol. The van der Waals surface area contributed by atoms with Crippen LogP contribution in [-0.4, -0.2) is 30.6 Å². The Labute approximate surface area is 167 Å². The highest BCUT2D eigenvalue weighted by Gasteiger charge is 2.16. The van der Waals surface area contributed by atoms with Crippen LogP contribution in [0.2, 0.25) is 0 Å². The van der Waals surface area contributed by atoms with Crippen molar-refractivity contribution in [2.24, 2.45) is 0 Å². The van der Waals surface area contributed by atoms with Crippen molar-refractivity contribution in [3.8, 4) is 23.0 Å². The SMILES string of the molecule is Cc1nc(-c2noc(-c3cccnc3)n2)cn1CC(=O)N[C@@H](C)c1ccccc1. The van der Waals surface area contributed by atoms with Gasteiger partial charge < -0.3 is 14.4 Å². The van der Waals surface area contributed by atoms with Crippen molar-refractivity contribution in [3.05, 3.63) is 72.4 Å². The van der Waals surface area contributed by atoms with Crippen molar-refractivity contribution in [2.45, 2.75) is 26.4 Å². The van der Waals surface area contributed by atoms with Crippen molar-refractivity contribution in [2.75, 3.05) is 0 Å². The van der Waals surface area contributed by atoms with Crippen LogP contribution in [0.1, 0.15) is 24.4 Å². The lowest BCUT2D eigenvalue weighted by Gasteiger charge is -2.14. The molecule has 3 heterocycles. The van der Waals surface area contributed by atoms with Crippen LogP contribution in [0.5, 0.6) is 0 Å². The van der Waals surface area contributed by atoms with Gasteiger partial charge in [0.1, 0.15) is 18.1 Å². The fraction of sp³-hybridized carbons (Fsp3) is 0.190. The van der Waals surface area contributed by atoms with Crippen molar-refractivity contribution in [1.82, 2.24) is 30.0 Å². The first-order valence-electron chi connectivity index (χ1n) is 9.22. The van der Waals surface area contributed by atoms with E-state index in [9.17, 15) is 4.79 Å². The number of nitrogens with one attached hydrogen (secondary N) is 1. The van der Waals surface area contributed by atoms with E-state index in [0.717, 1.165) is 11.1 Å². The molecule has 4 rings (SSSR count). The molecule has 0 aliphatic rings. The Morgan fingerprint density at radius 1 is 1.17 bits per heavy atom. The number of amides is 1. The van der Waals surface area contributed by atoms with Gasteiger partial charge in [-0.1, -0.05) is 35.5 Å². The smallest absolute Gasteiger partial charge is 0.259 e. The summed E-state index contributed by atoms with van der Waals surface area (Å²) in [5, 5.41) is 7.00. The van der Waals surface area contributed by atoms with Crippen LogP contribution in [0, 0.1) is 6.92 Å². The molecule has 8 nitrogen and oxygen atoms in total. The lowest BCUT2D eigenvalue weighted by Crippen LogP contribution is -2.30. The monoisotopic (exact) mass is 388 g/mol. The average Bonchev–Trinajstić information content (AvgIpc) is 3.37. The highest BCUT2D eigenvalue weighted by atomic mass is 16.5. The maximum atomic E-state index is 12.5. The Kier molecular flexibility index (Phi) is 5.15. The first-order chi connectivity index (χ1) is 14.1. The lowest BCUT2D eigenvalue weighted by atomic mass is 10.1. The molecule has 146 valence electrons. The summed E-state index contributed by atoms with van der Waals surface area (Å²) >= 11 is 0. The molecule has 0 bridgehead atoms. The van der Waals surface area contributed by atoms with Crippen LogP contribution in [0.3, 0.4) is 0 Å². The molecule has 29 heavy (non-hydrogen) atoms. The van der Waals surface area contributed by atoms with Gasteiger partial charge in [-0.15, -0.1) is 0 Å². The largest absolute Gasteiger partial charge is 0.348 e. The number of aryl methyl sites for hydroxylation is 1. The molecule has 3 aromatic heterocycles. The van der Waals surface area contributed by atoms with Crippen LogP contribution >= 0.6 is 0 Å². The number of imidazole rings is 1. The highest BCUT2D eigenvalue weighted by Crippen LogP contribution is 2.21. The molecule has 0 saturated carbocycles. The molecule has 1 amide bonds. The van der Waals surface area contributed by atoms with Crippen LogP contribution in [0.15, 0.2) is 65.6 Å². The molecule has 1 aromatic carbocycles. The van der Waals surface area contributed by atoms with Crippen molar-refractivity contribution >= 4 is 5.91 Å². The number of pyridine rings is 1. The zero-order valence-electron chi connectivity index (χ0n) is 16.1. The number of nitrogens with zero attached hydrogens (tertiary/aromatic N) is 5. The molecule has 0 spiro atoms. The Hall–Kier alpha value is -3.81. The molecule has 0 saturated heterocycles. The molecule has 0 aliphatic heterocycles. The van der Waals surface area contributed by atoms with E-state index in [1.54, 1.807) is 29.2 Å². The summed E-state index contributed by atoms with van der Waals surface area (Å²) in [7, 11) is 0. The number of hydrogen-bond acceptors (Lipinski definition) is 6. The van der Waals surface area contributed by atoms with Gasteiger partial charge >= 0.3 is 0 Å². The van der Waals surface area contributed by atoms with Gasteiger partial charge in [0.2, 0.25) is 11.7 Å². The zero-order chi connectivity index (χ0) is 20.2. The van der Waals surface area contributed by atoms with Gasteiger partial charge in [0.25, 0.3) is 5.89 Å². The lowest BCUT2D eigenvalue weighted by molar-refractivity contribution is -0.122. The number of carbonyl (C=O) groups is 1. The minimum atomic E-state index is -0.0995. The van der Waals surface area contributed by atoms with Crippen LogP contribution in [0.25, 0.3) is 23.0 Å². The molecule has 0 aliphatic carbocycles. The van der Waals surface area contributed by atoms with E-state index in [-0.39, 0.29) is 18.5 Å². The van der Waals surface area contributed by atoms with Crippen LogP contribution < -0.4 is 5.32 Å². The number of benzene rings is 1. The summed E-state index contributed by atoms with van der Waals surface area (Å²) in [5.74, 6) is 1.33. The van der Waals surface area contributed by atoms with E-state index in [0.29, 0.717) is 23.2 Å². The van der Waals surface area contributed by atoms with Gasteiger partial charge in [-0.3, -0.25) is 9.78 Å². The zero-order valence-corrected chi connectivity index (χ0v) is 16.1. The minimum Gasteiger partial charge on any atom is -0.348 e. The maximum Gasteiger partial charge on any atom is 0.259 e. The second-order valence-corrected chi connectivity index (χ2v) is 6.67. The van der Waals surface area contributed by atoms with Gasteiger partial charge in [0, 0.05) is 18.6 Å². The van der Waals surface area contributed by atoms with Gasteiger partial charge in [-0.05, 0) is 31.5 Å². The van der Waals surface area contributed by atoms with Crippen molar-refractivity contribution in [1.29, 1.82) is 0 Å². The number of rotatable bonds is 6. The van der Waals surface area contributed by atoms with E-state index in [1.807, 2.05) is 50.2 Å². The summed E-state index contributed by atoms with van der Waals surface area (Å²) in [6.45, 7) is 3.95. The van der Waals surface area contributed by atoms with Gasteiger partial charge in [-0.25, -0.2) is 4.98 Å². The Balaban J connectivity index is 1.46. The van der Waals surface area contributed by atoms with E-state index < -0.39 is 0 Å². The van der Waals surface area contributed by atoms with Gasteiger partial charge in [0.15, 0.2) is 0 Å². The number of carbonyl (C=O) groups excluding carboxylic acids is 1. The van der Waals surface area contributed by atoms with E-state index in [2.05, 4.69) is 25.4 Å². The van der Waals surface area contributed by atoms with Gasteiger partial charge in [-0.2, -0.15) is 4.98 Å². The van der Waals surface area contributed by atoms with E-state index in [1.165, 1.54) is 0 Å². The third-order valence-electron chi connectivity index (χ3n) is 4.53. The number of hydrogen-bond donors (Lipinski definition) is 1. The summed E-state index contributed by atoms with van der Waals surface area (Å²) in [4.78, 5) is 25.4. The average molecular weight is 388 g/mol. The third-order valence-corrected chi connectivity index (χ3v) is 4.53. The van der Waals surface area contributed by atoms with Crippen LogP contribution in [-0.2, 0) is 11.3 Å². The Bertz CT molecular complexity index is 1100. The highest BCUT2D eigenvalue weighted by molar-refractivity contribution is 5.76. The first kappa shape index (κ1) is 18.5. The minimum absolute atomic E-state index is 0.0776. The summed E-state index contributed by atoms with van der Waals surface area (Å²) in [6.07, 6.45) is 5.08. The summed E-state index contributed by atoms with van der Waals surface area (Å²) in [6, 6.07) is 13.4. The summed E-state index contributed by atoms with van der Waals surface area (Å²) in [5.41, 5.74) is 2.33. The molecule has 8 heteroatoms. The molecule has 1 N–H and O–H groups in total. The standard InChI is InChI=1S/C21H20N6O2/c1-14(16-7-4-3-5-8-16)23-19(28)13-27-12-18(24-15(27)2)20-25-21(29-26-20)17-9-6-10-22-11-17/h3-12,14H,13H2,1-2H3,(H,23,28)/t14-/m0/s1. The van der Waals surface area contributed by atoms with Crippen molar-refractivity contribution in [3.63, 3.8) is 0 Å². The topological polar surface area (TPSA) is 98.7 Å². The van der Waals surface area contributed by atoms with Gasteiger partial charge in [0.05, 0.1) is 11.6 Å². The molecule has 0 radical (unpaired) electrons. The summed E-state index contributed by atoms with van der Waals surface area (Å²) < 4.78 is 7.07. The normalized spacial score (nSPS) is 11.9. The Morgan fingerprint density at radius 2 is 2.00 bits per heavy atom. The quantitative estimate of drug-likeness (QED) is 0.545. The van der Waals surface area contributed by atoms with Crippen LogP contribution in [0.4, 0.5) is 0 Å². The second-order valence-electron chi connectivity index (χ2n) is 6.67. The molecule has 4 aromatic rings. The fourth-order valence-corrected chi connectivity index (χ4v) is 2.98. The molecular weight excluding hydrogens is 368 g/mol. The third kappa shape index (κ3) is 4.21. The molecule has 0 fully saturated rings. The molecule has 0 unspecified atom stereocenters. The maximum absolute atomic E-state index is 12.5. The second kappa shape index (κ2) is 8.05. The fourth-order valence-electron chi connectivity index (χ4n) is 2.98.